The molecule has 2 saturated heterocycles. The number of nitrogens with one attached hydrogen (secondary N) is 1. The van der Waals surface area contributed by atoms with Gasteiger partial charge < -0.3 is 19.7 Å². The number of hydrogen-bond donors (Lipinski definition) is 1. The predicted molar refractivity (Wildman–Crippen MR) is 106 cm³/mol. The second kappa shape index (κ2) is 10.8. The average molecular weight is 475 g/mol. The largest absolute Gasteiger partial charge is 0.375 e. The van der Waals surface area contributed by atoms with E-state index >= 15 is 0 Å². The summed E-state index contributed by atoms with van der Waals surface area (Å²) >= 11 is 0. The molecule has 7 nitrogen and oxygen atoms in total. The summed E-state index contributed by atoms with van der Waals surface area (Å²) in [6, 6.07) is 0. The van der Waals surface area contributed by atoms with E-state index in [1.165, 1.54) is 6.26 Å². The lowest BCUT2D eigenvalue weighted by atomic mass is 10.1. The first-order valence-corrected chi connectivity index (χ1v) is 10.5. The monoisotopic (exact) mass is 475 g/mol. The van der Waals surface area contributed by atoms with Gasteiger partial charge in [0.25, 0.3) is 0 Å². The Labute approximate surface area is 162 Å². The Morgan fingerprint density at radius 3 is 2.67 bits per heavy atom. The Bertz CT molecular complexity index is 495. The summed E-state index contributed by atoms with van der Waals surface area (Å²) in [5.74, 6) is 1.02. The Balaban J connectivity index is 0.00000288. The molecule has 142 valence electrons. The standard InChI is InChI=1S/C15H29N3O4S.HI/c1-3-16-15(17-7-5-11-23(2,19)20)18-8-10-22-14(12-18)13-6-4-9-21-13;/h13-14H,3-12H2,1-2H3,(H,16,17);1H. The fraction of sp³-hybridized carbons (Fsp3) is 0.933. The van der Waals surface area contributed by atoms with Crippen molar-refractivity contribution in [1.82, 2.24) is 10.2 Å². The van der Waals surface area contributed by atoms with E-state index in [0.717, 1.165) is 45.0 Å². The van der Waals surface area contributed by atoms with Crippen LogP contribution >= 0.6 is 24.0 Å². The van der Waals surface area contributed by atoms with Gasteiger partial charge in [-0.3, -0.25) is 4.99 Å². The van der Waals surface area contributed by atoms with Gasteiger partial charge in [-0.1, -0.05) is 0 Å². The number of rotatable bonds is 6. The Morgan fingerprint density at radius 1 is 1.29 bits per heavy atom. The molecule has 0 radical (unpaired) electrons. The lowest BCUT2D eigenvalue weighted by Crippen LogP contribution is -2.53. The zero-order chi connectivity index (χ0) is 16.7. The van der Waals surface area contributed by atoms with Crippen LogP contribution in [0.3, 0.4) is 0 Å². The van der Waals surface area contributed by atoms with Gasteiger partial charge in [-0.2, -0.15) is 0 Å². The molecular formula is C15H30IN3O4S. The van der Waals surface area contributed by atoms with Crippen LogP contribution in [-0.4, -0.2) is 82.9 Å². The van der Waals surface area contributed by atoms with Crippen molar-refractivity contribution in [2.24, 2.45) is 4.99 Å². The normalized spacial score (nSPS) is 25.4. The van der Waals surface area contributed by atoms with E-state index in [4.69, 9.17) is 9.47 Å². The molecule has 2 rings (SSSR count). The van der Waals surface area contributed by atoms with Crippen molar-refractivity contribution in [1.29, 1.82) is 0 Å². The van der Waals surface area contributed by atoms with Crippen LogP contribution in [0.5, 0.6) is 0 Å². The van der Waals surface area contributed by atoms with E-state index in [-0.39, 0.29) is 41.9 Å². The van der Waals surface area contributed by atoms with Crippen molar-refractivity contribution in [2.75, 3.05) is 51.4 Å². The van der Waals surface area contributed by atoms with Crippen molar-refractivity contribution in [2.45, 2.75) is 38.4 Å². The SMILES string of the molecule is CCNC(=NCCCS(C)(=O)=O)N1CCOC(C2CCCO2)C1.I. The third-order valence-corrected chi connectivity index (χ3v) is 5.07. The lowest BCUT2D eigenvalue weighted by molar-refractivity contribution is -0.0817. The second-order valence-electron chi connectivity index (χ2n) is 6.13. The fourth-order valence-corrected chi connectivity index (χ4v) is 3.58. The molecule has 0 aromatic carbocycles. The van der Waals surface area contributed by atoms with Gasteiger partial charge in [0.1, 0.15) is 15.9 Å². The van der Waals surface area contributed by atoms with Crippen LogP contribution in [-0.2, 0) is 19.3 Å². The highest BCUT2D eigenvalue weighted by atomic mass is 127. The van der Waals surface area contributed by atoms with Crippen LogP contribution < -0.4 is 5.32 Å². The quantitative estimate of drug-likeness (QED) is 0.266. The van der Waals surface area contributed by atoms with E-state index in [1.807, 2.05) is 6.92 Å². The van der Waals surface area contributed by atoms with Gasteiger partial charge in [-0.05, 0) is 26.2 Å². The maximum atomic E-state index is 11.2. The van der Waals surface area contributed by atoms with E-state index in [2.05, 4.69) is 15.2 Å². The molecule has 0 saturated carbocycles. The van der Waals surface area contributed by atoms with Gasteiger partial charge in [-0.25, -0.2) is 8.42 Å². The van der Waals surface area contributed by atoms with Crippen LogP contribution in [0, 0.1) is 0 Å². The summed E-state index contributed by atoms with van der Waals surface area (Å²) in [5.41, 5.74) is 0. The molecule has 0 aromatic heterocycles. The van der Waals surface area contributed by atoms with Crippen molar-refractivity contribution in [3.63, 3.8) is 0 Å². The number of aliphatic imine (C=N–C) groups is 1. The summed E-state index contributed by atoms with van der Waals surface area (Å²) in [4.78, 5) is 6.77. The minimum Gasteiger partial charge on any atom is -0.375 e. The van der Waals surface area contributed by atoms with E-state index in [0.29, 0.717) is 19.6 Å². The van der Waals surface area contributed by atoms with Crippen molar-refractivity contribution >= 4 is 39.8 Å². The molecule has 0 bridgehead atoms. The highest BCUT2D eigenvalue weighted by Crippen LogP contribution is 2.21. The van der Waals surface area contributed by atoms with E-state index < -0.39 is 9.84 Å². The van der Waals surface area contributed by atoms with Crippen LogP contribution in [0.4, 0.5) is 0 Å². The summed E-state index contributed by atoms with van der Waals surface area (Å²) in [5, 5.41) is 3.29. The first kappa shape index (κ1) is 21.9. The molecule has 24 heavy (non-hydrogen) atoms. The molecule has 1 N–H and O–H groups in total. The van der Waals surface area contributed by atoms with Crippen LogP contribution in [0.15, 0.2) is 4.99 Å². The number of nitrogens with zero attached hydrogens (tertiary/aromatic N) is 2. The molecular weight excluding hydrogens is 445 g/mol. The first-order chi connectivity index (χ1) is 11.0. The molecule has 2 aliphatic rings. The molecule has 0 amide bonds. The number of sulfone groups is 1. The van der Waals surface area contributed by atoms with Gasteiger partial charge in [-0.15, -0.1) is 24.0 Å². The van der Waals surface area contributed by atoms with Crippen LogP contribution in [0.1, 0.15) is 26.2 Å². The number of hydrogen-bond acceptors (Lipinski definition) is 5. The maximum absolute atomic E-state index is 11.2. The molecule has 2 fully saturated rings. The lowest BCUT2D eigenvalue weighted by Gasteiger charge is -2.37. The molecule has 0 spiro atoms. The maximum Gasteiger partial charge on any atom is 0.194 e. The van der Waals surface area contributed by atoms with E-state index in [1.54, 1.807) is 0 Å². The molecule has 2 heterocycles. The third kappa shape index (κ3) is 7.40. The first-order valence-electron chi connectivity index (χ1n) is 8.44. The topological polar surface area (TPSA) is 80.2 Å². The van der Waals surface area contributed by atoms with Crippen molar-refractivity contribution in [3.8, 4) is 0 Å². The van der Waals surface area contributed by atoms with E-state index in [9.17, 15) is 8.42 Å². The molecule has 0 aliphatic carbocycles. The third-order valence-electron chi connectivity index (χ3n) is 4.04. The minimum atomic E-state index is -2.92. The second-order valence-corrected chi connectivity index (χ2v) is 8.39. The smallest absolute Gasteiger partial charge is 0.194 e. The summed E-state index contributed by atoms with van der Waals surface area (Å²) in [6.45, 7) is 6.38. The number of halogens is 1. The van der Waals surface area contributed by atoms with Crippen LogP contribution in [0.2, 0.25) is 0 Å². The molecule has 2 aliphatic heterocycles. The predicted octanol–water partition coefficient (Wildman–Crippen LogP) is 0.884. The molecule has 9 heteroatoms. The zero-order valence-electron chi connectivity index (χ0n) is 14.6. The molecule has 2 unspecified atom stereocenters. The summed E-state index contributed by atoms with van der Waals surface area (Å²) < 4.78 is 34.0. The van der Waals surface area contributed by atoms with Crippen molar-refractivity contribution in [3.05, 3.63) is 0 Å². The number of guanidine groups is 1. The van der Waals surface area contributed by atoms with Crippen molar-refractivity contribution < 1.29 is 17.9 Å². The number of morpholine rings is 1. The Kier molecular flexibility index (Phi) is 9.83. The molecule has 0 aromatic rings. The molecule has 2 atom stereocenters. The van der Waals surface area contributed by atoms with Gasteiger partial charge in [0.15, 0.2) is 5.96 Å². The Hall–Kier alpha value is -0.130. The highest BCUT2D eigenvalue weighted by Gasteiger charge is 2.32. The highest BCUT2D eigenvalue weighted by molar-refractivity contribution is 14.0. The summed E-state index contributed by atoms with van der Waals surface area (Å²) in [6.07, 6.45) is 4.24. The fourth-order valence-electron chi connectivity index (χ4n) is 2.93. The van der Waals surface area contributed by atoms with Gasteiger partial charge in [0.05, 0.1) is 18.5 Å². The van der Waals surface area contributed by atoms with Gasteiger partial charge in [0.2, 0.25) is 0 Å². The van der Waals surface area contributed by atoms with Crippen LogP contribution in [0.25, 0.3) is 0 Å². The average Bonchev–Trinajstić information content (AvgIpc) is 3.04. The van der Waals surface area contributed by atoms with Gasteiger partial charge >= 0.3 is 0 Å². The minimum absolute atomic E-state index is 0. The zero-order valence-corrected chi connectivity index (χ0v) is 17.7. The number of ether oxygens (including phenoxy) is 2. The Morgan fingerprint density at radius 2 is 2.04 bits per heavy atom. The van der Waals surface area contributed by atoms with Gasteiger partial charge in [0, 0.05) is 39.0 Å². The summed E-state index contributed by atoms with van der Waals surface area (Å²) in [7, 11) is -2.92.